The molecule has 1 aromatic carbocycles. The number of fused-ring (bicyclic) bond motifs is 1. The first-order valence-electron chi connectivity index (χ1n) is 5.86. The van der Waals surface area contributed by atoms with Crippen LogP contribution in [-0.2, 0) is 9.84 Å². The Balaban J connectivity index is 1.86. The van der Waals surface area contributed by atoms with Gasteiger partial charge in [0, 0.05) is 24.6 Å². The summed E-state index contributed by atoms with van der Waals surface area (Å²) >= 11 is 0. The third-order valence-electron chi connectivity index (χ3n) is 2.56. The van der Waals surface area contributed by atoms with Crippen LogP contribution in [0, 0.1) is 0 Å². The Hall–Kier alpha value is -1.43. The Kier molecular flexibility index (Phi) is 3.96. The number of benzene rings is 1. The highest BCUT2D eigenvalue weighted by Gasteiger charge is 2.11. The van der Waals surface area contributed by atoms with Gasteiger partial charge in [-0.1, -0.05) is 0 Å². The molecule has 1 aromatic rings. The van der Waals surface area contributed by atoms with E-state index in [-0.39, 0.29) is 5.75 Å². The van der Waals surface area contributed by atoms with Crippen molar-refractivity contribution in [1.82, 2.24) is 0 Å². The van der Waals surface area contributed by atoms with Gasteiger partial charge in [0.2, 0.25) is 0 Å². The number of rotatable bonds is 5. The largest absolute Gasteiger partial charge is 0.486 e. The zero-order chi connectivity index (χ0) is 13.0. The van der Waals surface area contributed by atoms with Gasteiger partial charge in [-0.25, -0.2) is 8.42 Å². The molecule has 0 aliphatic carbocycles. The summed E-state index contributed by atoms with van der Waals surface area (Å²) in [6.45, 7) is 1.76. The summed E-state index contributed by atoms with van der Waals surface area (Å²) in [5.41, 5.74) is 0.910. The topological polar surface area (TPSA) is 64.6 Å². The second-order valence-electron chi connectivity index (χ2n) is 4.27. The number of hydrogen-bond donors (Lipinski definition) is 1. The standard InChI is InChI=1S/C12H17NO4S/c1-18(14,15)8-2-5-13-10-3-4-11-12(9-10)17-7-6-16-11/h3-4,9,13H,2,5-8H2,1H3. The Morgan fingerprint density at radius 3 is 2.67 bits per heavy atom. The van der Waals surface area contributed by atoms with Gasteiger partial charge in [0.15, 0.2) is 11.5 Å². The van der Waals surface area contributed by atoms with Gasteiger partial charge in [-0.3, -0.25) is 0 Å². The molecule has 1 heterocycles. The third-order valence-corrected chi connectivity index (χ3v) is 3.59. The molecule has 0 saturated heterocycles. The Morgan fingerprint density at radius 1 is 1.22 bits per heavy atom. The monoisotopic (exact) mass is 271 g/mol. The predicted molar refractivity (Wildman–Crippen MR) is 70.2 cm³/mol. The molecule has 18 heavy (non-hydrogen) atoms. The molecule has 6 heteroatoms. The van der Waals surface area contributed by atoms with E-state index in [0.29, 0.717) is 26.2 Å². The Bertz CT molecular complexity index is 513. The van der Waals surface area contributed by atoms with E-state index in [1.165, 1.54) is 6.26 Å². The van der Waals surface area contributed by atoms with E-state index >= 15 is 0 Å². The lowest BCUT2D eigenvalue weighted by atomic mass is 10.2. The maximum Gasteiger partial charge on any atom is 0.163 e. The fourth-order valence-corrected chi connectivity index (χ4v) is 2.39. The van der Waals surface area contributed by atoms with Crippen molar-refractivity contribution >= 4 is 15.5 Å². The van der Waals surface area contributed by atoms with Crippen LogP contribution in [0.3, 0.4) is 0 Å². The lowest BCUT2D eigenvalue weighted by Crippen LogP contribution is -2.15. The first-order valence-corrected chi connectivity index (χ1v) is 7.92. The van der Waals surface area contributed by atoms with Gasteiger partial charge in [0.1, 0.15) is 23.1 Å². The van der Waals surface area contributed by atoms with E-state index < -0.39 is 9.84 Å². The molecule has 2 rings (SSSR count). The zero-order valence-corrected chi connectivity index (χ0v) is 11.1. The minimum absolute atomic E-state index is 0.199. The van der Waals surface area contributed by atoms with Crippen molar-refractivity contribution in [2.24, 2.45) is 0 Å². The lowest BCUT2D eigenvalue weighted by Gasteiger charge is -2.19. The molecule has 0 bridgehead atoms. The minimum Gasteiger partial charge on any atom is -0.486 e. The van der Waals surface area contributed by atoms with E-state index in [1.54, 1.807) is 0 Å². The van der Waals surface area contributed by atoms with Crippen LogP contribution >= 0.6 is 0 Å². The summed E-state index contributed by atoms with van der Waals surface area (Å²) in [6.07, 6.45) is 1.84. The van der Waals surface area contributed by atoms with E-state index in [1.807, 2.05) is 18.2 Å². The molecular weight excluding hydrogens is 254 g/mol. The van der Waals surface area contributed by atoms with Crippen LogP contribution < -0.4 is 14.8 Å². The average Bonchev–Trinajstić information content (AvgIpc) is 2.33. The van der Waals surface area contributed by atoms with Gasteiger partial charge >= 0.3 is 0 Å². The molecule has 5 nitrogen and oxygen atoms in total. The Labute approximate surface area is 107 Å². The number of nitrogens with one attached hydrogen (secondary N) is 1. The molecular formula is C12H17NO4S. The normalized spacial score (nSPS) is 14.3. The second kappa shape index (κ2) is 5.48. The van der Waals surface area contributed by atoms with Crippen LogP contribution in [0.4, 0.5) is 5.69 Å². The molecule has 1 aliphatic heterocycles. The molecule has 100 valence electrons. The maximum atomic E-state index is 11.0. The predicted octanol–water partition coefficient (Wildman–Crippen LogP) is 1.30. The van der Waals surface area contributed by atoms with Crippen molar-refractivity contribution in [3.05, 3.63) is 18.2 Å². The van der Waals surface area contributed by atoms with Crippen molar-refractivity contribution in [3.8, 4) is 11.5 Å². The summed E-state index contributed by atoms with van der Waals surface area (Å²) < 4.78 is 32.8. The zero-order valence-electron chi connectivity index (χ0n) is 10.3. The van der Waals surface area contributed by atoms with Gasteiger partial charge < -0.3 is 14.8 Å². The first-order chi connectivity index (χ1) is 8.54. The minimum atomic E-state index is -2.88. The van der Waals surface area contributed by atoms with Crippen molar-refractivity contribution in [2.45, 2.75) is 6.42 Å². The third kappa shape index (κ3) is 3.80. The molecule has 0 fully saturated rings. The molecule has 0 saturated carbocycles. The molecule has 0 atom stereocenters. The van der Waals surface area contributed by atoms with E-state index in [0.717, 1.165) is 17.2 Å². The van der Waals surface area contributed by atoms with Crippen LogP contribution in [0.25, 0.3) is 0 Å². The summed E-state index contributed by atoms with van der Waals surface area (Å²) in [5, 5.41) is 3.17. The summed E-state index contributed by atoms with van der Waals surface area (Å²) in [6, 6.07) is 5.62. The molecule has 0 spiro atoms. The number of ether oxygens (including phenoxy) is 2. The van der Waals surface area contributed by atoms with Gasteiger partial charge in [-0.2, -0.15) is 0 Å². The molecule has 0 amide bonds. The summed E-state index contributed by atoms with van der Waals surface area (Å²) in [7, 11) is -2.88. The van der Waals surface area contributed by atoms with E-state index in [4.69, 9.17) is 9.47 Å². The lowest BCUT2D eigenvalue weighted by molar-refractivity contribution is 0.171. The average molecular weight is 271 g/mol. The van der Waals surface area contributed by atoms with Gasteiger partial charge in [-0.15, -0.1) is 0 Å². The fourth-order valence-electron chi connectivity index (χ4n) is 1.72. The molecule has 1 N–H and O–H groups in total. The van der Waals surface area contributed by atoms with Crippen molar-refractivity contribution in [2.75, 3.05) is 37.1 Å². The SMILES string of the molecule is CS(=O)(=O)CCCNc1ccc2c(c1)OCCO2. The molecule has 1 aliphatic rings. The highest BCUT2D eigenvalue weighted by atomic mass is 32.2. The fraction of sp³-hybridized carbons (Fsp3) is 0.500. The number of sulfone groups is 1. The van der Waals surface area contributed by atoms with Crippen molar-refractivity contribution < 1.29 is 17.9 Å². The van der Waals surface area contributed by atoms with E-state index in [9.17, 15) is 8.42 Å². The smallest absolute Gasteiger partial charge is 0.163 e. The van der Waals surface area contributed by atoms with Crippen LogP contribution in [0.2, 0.25) is 0 Å². The maximum absolute atomic E-state index is 11.0. The highest BCUT2D eigenvalue weighted by molar-refractivity contribution is 7.90. The van der Waals surface area contributed by atoms with Gasteiger partial charge in [-0.05, 0) is 18.6 Å². The summed E-state index contributed by atoms with van der Waals surface area (Å²) in [4.78, 5) is 0. The van der Waals surface area contributed by atoms with Crippen LogP contribution in [0.15, 0.2) is 18.2 Å². The second-order valence-corrected chi connectivity index (χ2v) is 6.53. The van der Waals surface area contributed by atoms with Crippen LogP contribution in [0.5, 0.6) is 11.5 Å². The summed E-state index contributed by atoms with van der Waals surface area (Å²) in [5.74, 6) is 1.68. The quantitative estimate of drug-likeness (QED) is 0.818. The van der Waals surface area contributed by atoms with Crippen molar-refractivity contribution in [1.29, 1.82) is 0 Å². The van der Waals surface area contributed by atoms with Gasteiger partial charge in [0.25, 0.3) is 0 Å². The molecule has 0 radical (unpaired) electrons. The van der Waals surface area contributed by atoms with Gasteiger partial charge in [0.05, 0.1) is 5.75 Å². The molecule has 0 unspecified atom stereocenters. The highest BCUT2D eigenvalue weighted by Crippen LogP contribution is 2.32. The number of hydrogen-bond acceptors (Lipinski definition) is 5. The Morgan fingerprint density at radius 2 is 1.94 bits per heavy atom. The van der Waals surface area contributed by atoms with Crippen molar-refractivity contribution in [3.63, 3.8) is 0 Å². The first kappa shape index (κ1) is 13.0. The molecule has 0 aromatic heterocycles. The van der Waals surface area contributed by atoms with Crippen LogP contribution in [-0.4, -0.2) is 40.2 Å². The van der Waals surface area contributed by atoms with Crippen LogP contribution in [0.1, 0.15) is 6.42 Å². The van der Waals surface area contributed by atoms with E-state index in [2.05, 4.69) is 5.32 Å². The number of anilines is 1.